The van der Waals surface area contributed by atoms with Crippen LogP contribution in [0.5, 0.6) is 0 Å². The molecule has 0 radical (unpaired) electrons. The molecule has 0 fully saturated rings. The molecule has 2 rings (SSSR count). The van der Waals surface area contributed by atoms with E-state index < -0.39 is 12.1 Å². The molecule has 0 unspecified atom stereocenters. The van der Waals surface area contributed by atoms with E-state index in [2.05, 4.69) is 15.9 Å². The monoisotopic (exact) mass is 334 g/mol. The predicted molar refractivity (Wildman–Crippen MR) is 80.8 cm³/mol. The minimum absolute atomic E-state index is 0.286. The summed E-state index contributed by atoms with van der Waals surface area (Å²) in [4.78, 5) is 11.2. The van der Waals surface area contributed by atoms with Crippen LogP contribution in [0.1, 0.15) is 34.0 Å². The Morgan fingerprint density at radius 1 is 1.15 bits per heavy atom. The highest BCUT2D eigenvalue weighted by molar-refractivity contribution is 9.10. The molecule has 0 saturated carbocycles. The molecule has 0 heterocycles. The summed E-state index contributed by atoms with van der Waals surface area (Å²) in [6.07, 6.45) is 0.412. The molecule has 2 N–H and O–H groups in total. The topological polar surface area (TPSA) is 57.5 Å². The number of aliphatic hydroxyl groups excluding tert-OH is 1. The van der Waals surface area contributed by atoms with Crippen molar-refractivity contribution in [3.8, 4) is 0 Å². The molecular weight excluding hydrogens is 320 g/mol. The summed E-state index contributed by atoms with van der Waals surface area (Å²) >= 11 is 3.34. The van der Waals surface area contributed by atoms with Crippen molar-refractivity contribution in [2.45, 2.75) is 18.9 Å². The van der Waals surface area contributed by atoms with Crippen molar-refractivity contribution in [3.63, 3.8) is 0 Å². The number of rotatable bonds is 5. The van der Waals surface area contributed by atoms with E-state index >= 15 is 0 Å². The maximum atomic E-state index is 11.2. The molecule has 4 heteroatoms. The van der Waals surface area contributed by atoms with Crippen LogP contribution in [0.3, 0.4) is 0 Å². The fourth-order valence-corrected chi connectivity index (χ4v) is 2.52. The highest BCUT2D eigenvalue weighted by Gasteiger charge is 2.13. The minimum atomic E-state index is -0.943. The standard InChI is InChI=1S/C16H15BrO3/c17-13-7-8-14(16(19)20)12(10-13)6-9-15(18)11-4-2-1-3-5-11/h1-5,7-8,10,15,18H,6,9H2,(H,19,20)/t15-/m0/s1. The first kappa shape index (κ1) is 14.8. The van der Waals surface area contributed by atoms with Gasteiger partial charge in [-0.3, -0.25) is 0 Å². The zero-order chi connectivity index (χ0) is 14.5. The Bertz CT molecular complexity index is 596. The van der Waals surface area contributed by atoms with Gasteiger partial charge in [0.25, 0.3) is 0 Å². The van der Waals surface area contributed by atoms with E-state index in [1.165, 1.54) is 0 Å². The molecular formula is C16H15BrO3. The Hall–Kier alpha value is -1.65. The molecule has 1 atom stereocenters. The van der Waals surface area contributed by atoms with Gasteiger partial charge in [-0.2, -0.15) is 0 Å². The molecule has 104 valence electrons. The number of benzene rings is 2. The van der Waals surface area contributed by atoms with E-state index in [4.69, 9.17) is 5.11 Å². The first-order valence-corrected chi connectivity index (χ1v) is 7.12. The smallest absolute Gasteiger partial charge is 0.335 e. The Labute approximate surface area is 126 Å². The summed E-state index contributed by atoms with van der Waals surface area (Å²) in [6.45, 7) is 0. The van der Waals surface area contributed by atoms with E-state index in [0.717, 1.165) is 15.6 Å². The van der Waals surface area contributed by atoms with Crippen molar-refractivity contribution in [1.82, 2.24) is 0 Å². The molecule has 0 aliphatic heterocycles. The lowest BCUT2D eigenvalue weighted by Crippen LogP contribution is -2.05. The van der Waals surface area contributed by atoms with Gasteiger partial charge >= 0.3 is 5.97 Å². The van der Waals surface area contributed by atoms with Crippen LogP contribution < -0.4 is 0 Å². The molecule has 0 aliphatic carbocycles. The molecule has 0 saturated heterocycles. The van der Waals surface area contributed by atoms with Crippen molar-refractivity contribution in [1.29, 1.82) is 0 Å². The van der Waals surface area contributed by atoms with Gasteiger partial charge in [0.05, 0.1) is 11.7 Å². The second-order valence-electron chi connectivity index (χ2n) is 4.57. The average molecular weight is 335 g/mol. The Balaban J connectivity index is 2.11. The van der Waals surface area contributed by atoms with Gasteiger partial charge in [0.15, 0.2) is 0 Å². The first-order chi connectivity index (χ1) is 9.58. The van der Waals surface area contributed by atoms with Gasteiger partial charge in [0.2, 0.25) is 0 Å². The average Bonchev–Trinajstić information content (AvgIpc) is 2.45. The number of hydrogen-bond acceptors (Lipinski definition) is 2. The zero-order valence-corrected chi connectivity index (χ0v) is 12.4. The van der Waals surface area contributed by atoms with Crippen molar-refractivity contribution >= 4 is 21.9 Å². The van der Waals surface area contributed by atoms with Gasteiger partial charge in [-0.25, -0.2) is 4.79 Å². The third-order valence-corrected chi connectivity index (χ3v) is 3.66. The van der Waals surface area contributed by atoms with E-state index in [0.29, 0.717) is 12.8 Å². The van der Waals surface area contributed by atoms with Crippen LogP contribution in [0.15, 0.2) is 53.0 Å². The second-order valence-corrected chi connectivity index (χ2v) is 5.49. The second kappa shape index (κ2) is 6.68. The van der Waals surface area contributed by atoms with Crippen molar-refractivity contribution in [2.75, 3.05) is 0 Å². The van der Waals surface area contributed by atoms with Crippen LogP contribution in [0, 0.1) is 0 Å². The highest BCUT2D eigenvalue weighted by atomic mass is 79.9. The lowest BCUT2D eigenvalue weighted by atomic mass is 9.98. The first-order valence-electron chi connectivity index (χ1n) is 6.32. The molecule has 20 heavy (non-hydrogen) atoms. The van der Waals surface area contributed by atoms with Crippen LogP contribution >= 0.6 is 15.9 Å². The highest BCUT2D eigenvalue weighted by Crippen LogP contribution is 2.23. The Kier molecular flexibility index (Phi) is 4.93. The van der Waals surface area contributed by atoms with Gasteiger partial charge in [0, 0.05) is 4.47 Å². The number of aliphatic hydroxyl groups is 1. The van der Waals surface area contributed by atoms with E-state index in [1.807, 2.05) is 30.3 Å². The van der Waals surface area contributed by atoms with Crippen molar-refractivity contribution in [2.24, 2.45) is 0 Å². The van der Waals surface area contributed by atoms with Crippen molar-refractivity contribution in [3.05, 3.63) is 69.7 Å². The Morgan fingerprint density at radius 2 is 1.85 bits per heavy atom. The quantitative estimate of drug-likeness (QED) is 0.873. The number of halogens is 1. The molecule has 3 nitrogen and oxygen atoms in total. The van der Waals surface area contributed by atoms with Crippen LogP contribution in [-0.4, -0.2) is 16.2 Å². The van der Waals surface area contributed by atoms with Gasteiger partial charge in [-0.1, -0.05) is 46.3 Å². The SMILES string of the molecule is O=C(O)c1ccc(Br)cc1CC[C@H](O)c1ccccc1. The fourth-order valence-electron chi connectivity index (χ4n) is 2.11. The summed E-state index contributed by atoms with van der Waals surface area (Å²) in [5.74, 6) is -0.943. The van der Waals surface area contributed by atoms with E-state index in [9.17, 15) is 9.90 Å². The van der Waals surface area contributed by atoms with Gasteiger partial charge < -0.3 is 10.2 Å². The molecule has 0 bridgehead atoms. The molecule has 2 aromatic rings. The van der Waals surface area contributed by atoms with Crippen LogP contribution in [-0.2, 0) is 6.42 Å². The lowest BCUT2D eigenvalue weighted by Gasteiger charge is -2.12. The summed E-state index contributed by atoms with van der Waals surface area (Å²) in [5.41, 5.74) is 1.86. The number of carboxylic acid groups (broad SMARTS) is 1. The lowest BCUT2D eigenvalue weighted by molar-refractivity contribution is 0.0695. The normalized spacial score (nSPS) is 12.1. The number of aromatic carboxylic acids is 1. The minimum Gasteiger partial charge on any atom is -0.478 e. The summed E-state index contributed by atoms with van der Waals surface area (Å²) in [7, 11) is 0. The van der Waals surface area contributed by atoms with Gasteiger partial charge in [0.1, 0.15) is 0 Å². The number of carboxylic acids is 1. The number of aryl methyl sites for hydroxylation is 1. The zero-order valence-electron chi connectivity index (χ0n) is 10.8. The largest absolute Gasteiger partial charge is 0.478 e. The summed E-state index contributed by atoms with van der Waals surface area (Å²) in [5, 5.41) is 19.3. The van der Waals surface area contributed by atoms with Crippen LogP contribution in [0.25, 0.3) is 0 Å². The third-order valence-electron chi connectivity index (χ3n) is 3.17. The molecule has 2 aromatic carbocycles. The predicted octanol–water partition coefficient (Wildman–Crippen LogP) is 3.81. The molecule has 0 aromatic heterocycles. The number of carbonyl (C=O) groups is 1. The molecule has 0 aliphatic rings. The number of hydrogen-bond donors (Lipinski definition) is 2. The Morgan fingerprint density at radius 3 is 2.50 bits per heavy atom. The molecule has 0 spiro atoms. The van der Waals surface area contributed by atoms with Gasteiger partial charge in [-0.15, -0.1) is 0 Å². The van der Waals surface area contributed by atoms with Crippen LogP contribution in [0.2, 0.25) is 0 Å². The van der Waals surface area contributed by atoms with Gasteiger partial charge in [-0.05, 0) is 42.2 Å². The summed E-state index contributed by atoms with van der Waals surface area (Å²) < 4.78 is 0.840. The summed E-state index contributed by atoms with van der Waals surface area (Å²) in [6, 6.07) is 14.5. The van der Waals surface area contributed by atoms with Crippen molar-refractivity contribution < 1.29 is 15.0 Å². The van der Waals surface area contributed by atoms with E-state index in [-0.39, 0.29) is 5.56 Å². The maximum absolute atomic E-state index is 11.2. The third kappa shape index (κ3) is 3.68. The maximum Gasteiger partial charge on any atom is 0.335 e. The van der Waals surface area contributed by atoms with Crippen LogP contribution in [0.4, 0.5) is 0 Å². The van der Waals surface area contributed by atoms with E-state index in [1.54, 1.807) is 18.2 Å². The molecule has 0 amide bonds. The fraction of sp³-hybridized carbons (Fsp3) is 0.188.